The van der Waals surface area contributed by atoms with Gasteiger partial charge >= 0.3 is 0 Å². The zero-order valence-electron chi connectivity index (χ0n) is 13.4. The van der Waals surface area contributed by atoms with Crippen molar-refractivity contribution in [3.05, 3.63) is 69.0 Å². The van der Waals surface area contributed by atoms with Crippen molar-refractivity contribution < 1.29 is 14.5 Å². The van der Waals surface area contributed by atoms with E-state index in [0.717, 1.165) is 10.2 Å². The Morgan fingerprint density at radius 3 is 2.84 bits per heavy atom. The van der Waals surface area contributed by atoms with Crippen LogP contribution in [0.25, 0.3) is 10.2 Å². The van der Waals surface area contributed by atoms with Gasteiger partial charge in [0.15, 0.2) is 4.80 Å². The zero-order chi connectivity index (χ0) is 17.8. The van der Waals surface area contributed by atoms with Crippen LogP contribution in [-0.4, -0.2) is 29.1 Å². The molecule has 0 aliphatic heterocycles. The number of benzene rings is 2. The number of amides is 1. The molecule has 0 spiro atoms. The Morgan fingerprint density at radius 1 is 1.28 bits per heavy atom. The standard InChI is InChI=1S/C17H15N3O4S/c1-24-10-9-19-14-7-2-3-8-15(14)25-17(19)18-16(21)12-5-4-6-13(11-12)20(22)23/h2-8,11H,9-10H2,1H3. The first-order valence-corrected chi connectivity index (χ1v) is 8.32. The third-order valence-corrected chi connectivity index (χ3v) is 4.67. The van der Waals surface area contributed by atoms with Crippen LogP contribution in [0.15, 0.2) is 53.5 Å². The maximum absolute atomic E-state index is 12.5. The summed E-state index contributed by atoms with van der Waals surface area (Å²) in [7, 11) is 1.61. The van der Waals surface area contributed by atoms with Gasteiger partial charge in [-0.2, -0.15) is 4.99 Å². The summed E-state index contributed by atoms with van der Waals surface area (Å²) in [4.78, 5) is 27.5. The first-order chi connectivity index (χ1) is 12.1. The van der Waals surface area contributed by atoms with Crippen molar-refractivity contribution in [1.82, 2.24) is 4.57 Å². The molecule has 0 saturated heterocycles. The van der Waals surface area contributed by atoms with E-state index in [0.29, 0.717) is 18.0 Å². The van der Waals surface area contributed by atoms with Gasteiger partial charge in [0.05, 0.1) is 21.7 Å². The van der Waals surface area contributed by atoms with Gasteiger partial charge in [-0.3, -0.25) is 14.9 Å². The molecule has 0 aliphatic carbocycles. The van der Waals surface area contributed by atoms with Crippen LogP contribution in [0.5, 0.6) is 0 Å². The van der Waals surface area contributed by atoms with Crippen LogP contribution in [0.2, 0.25) is 0 Å². The summed E-state index contributed by atoms with van der Waals surface area (Å²) in [5.41, 5.74) is 1.02. The lowest BCUT2D eigenvalue weighted by Crippen LogP contribution is -2.19. The molecule has 128 valence electrons. The number of rotatable bonds is 5. The number of hydrogen-bond acceptors (Lipinski definition) is 5. The van der Waals surface area contributed by atoms with Crippen molar-refractivity contribution in [3.63, 3.8) is 0 Å². The maximum Gasteiger partial charge on any atom is 0.279 e. The summed E-state index contributed by atoms with van der Waals surface area (Å²) >= 11 is 1.39. The number of fused-ring (bicyclic) bond motifs is 1. The minimum absolute atomic E-state index is 0.135. The fourth-order valence-electron chi connectivity index (χ4n) is 2.41. The average molecular weight is 357 g/mol. The number of nitro groups is 1. The molecule has 1 heterocycles. The number of non-ortho nitro benzene ring substituents is 1. The topological polar surface area (TPSA) is 86.7 Å². The molecular weight excluding hydrogens is 342 g/mol. The van der Waals surface area contributed by atoms with Gasteiger partial charge in [0.2, 0.25) is 0 Å². The van der Waals surface area contributed by atoms with Gasteiger partial charge in [-0.1, -0.05) is 29.5 Å². The summed E-state index contributed by atoms with van der Waals surface area (Å²) in [6.45, 7) is 1.04. The second-order valence-corrected chi connectivity index (χ2v) is 6.23. The van der Waals surface area contributed by atoms with Crippen LogP contribution in [-0.2, 0) is 11.3 Å². The molecule has 7 nitrogen and oxygen atoms in total. The third-order valence-electron chi connectivity index (χ3n) is 3.61. The molecule has 0 aliphatic rings. The second-order valence-electron chi connectivity index (χ2n) is 5.22. The van der Waals surface area contributed by atoms with Gasteiger partial charge in [0, 0.05) is 31.4 Å². The van der Waals surface area contributed by atoms with Crippen LogP contribution in [0.3, 0.4) is 0 Å². The summed E-state index contributed by atoms with van der Waals surface area (Å²) in [5, 5.41) is 10.9. The summed E-state index contributed by atoms with van der Waals surface area (Å²) in [6, 6.07) is 13.3. The Hall–Kier alpha value is -2.84. The molecule has 0 radical (unpaired) electrons. The molecule has 8 heteroatoms. The Bertz CT molecular complexity index is 1010. The van der Waals surface area contributed by atoms with Crippen LogP contribution in [0, 0.1) is 10.1 Å². The van der Waals surface area contributed by atoms with E-state index in [2.05, 4.69) is 4.99 Å². The molecule has 0 bridgehead atoms. The lowest BCUT2D eigenvalue weighted by atomic mass is 10.2. The Morgan fingerprint density at radius 2 is 2.08 bits per heavy atom. The van der Waals surface area contributed by atoms with E-state index in [9.17, 15) is 14.9 Å². The van der Waals surface area contributed by atoms with Gasteiger partial charge < -0.3 is 9.30 Å². The molecule has 0 atom stereocenters. The number of ether oxygens (including phenoxy) is 1. The van der Waals surface area contributed by atoms with Crippen molar-refractivity contribution in [2.45, 2.75) is 6.54 Å². The molecule has 0 N–H and O–H groups in total. The maximum atomic E-state index is 12.5. The van der Waals surface area contributed by atoms with Crippen molar-refractivity contribution in [1.29, 1.82) is 0 Å². The molecule has 0 fully saturated rings. The Kier molecular flexibility index (Phi) is 5.01. The quantitative estimate of drug-likeness (QED) is 0.519. The van der Waals surface area contributed by atoms with E-state index < -0.39 is 10.8 Å². The van der Waals surface area contributed by atoms with Gasteiger partial charge in [0.1, 0.15) is 0 Å². The molecular formula is C17H15N3O4S. The minimum atomic E-state index is -0.533. The molecule has 2 aromatic carbocycles. The number of nitro benzene ring substituents is 1. The lowest BCUT2D eigenvalue weighted by Gasteiger charge is -2.03. The number of carbonyl (C=O) groups is 1. The lowest BCUT2D eigenvalue weighted by molar-refractivity contribution is -0.384. The monoisotopic (exact) mass is 357 g/mol. The van der Waals surface area contributed by atoms with Crippen LogP contribution in [0.1, 0.15) is 10.4 Å². The number of nitrogens with zero attached hydrogens (tertiary/aromatic N) is 3. The molecule has 1 aromatic heterocycles. The van der Waals surface area contributed by atoms with Crippen molar-refractivity contribution in [3.8, 4) is 0 Å². The average Bonchev–Trinajstić information content (AvgIpc) is 2.97. The zero-order valence-corrected chi connectivity index (χ0v) is 14.2. The normalized spacial score (nSPS) is 11.8. The van der Waals surface area contributed by atoms with E-state index in [-0.39, 0.29) is 11.3 Å². The fourth-order valence-corrected chi connectivity index (χ4v) is 3.46. The number of thiazole rings is 1. The number of hydrogen-bond donors (Lipinski definition) is 0. The van der Waals surface area contributed by atoms with Crippen LogP contribution in [0.4, 0.5) is 5.69 Å². The van der Waals surface area contributed by atoms with Crippen LogP contribution >= 0.6 is 11.3 Å². The highest BCUT2D eigenvalue weighted by Crippen LogP contribution is 2.17. The van der Waals surface area contributed by atoms with Crippen molar-refractivity contribution in [2.24, 2.45) is 4.99 Å². The number of methoxy groups -OCH3 is 1. The van der Waals surface area contributed by atoms with E-state index in [1.54, 1.807) is 7.11 Å². The Labute approximate surface area is 147 Å². The molecule has 0 unspecified atom stereocenters. The number of para-hydroxylation sites is 1. The van der Waals surface area contributed by atoms with Gasteiger partial charge in [-0.15, -0.1) is 0 Å². The van der Waals surface area contributed by atoms with Gasteiger partial charge in [0.25, 0.3) is 11.6 Å². The van der Waals surface area contributed by atoms with Crippen LogP contribution < -0.4 is 4.80 Å². The highest BCUT2D eigenvalue weighted by molar-refractivity contribution is 7.16. The van der Waals surface area contributed by atoms with Gasteiger partial charge in [-0.05, 0) is 18.2 Å². The van der Waals surface area contributed by atoms with E-state index >= 15 is 0 Å². The SMILES string of the molecule is COCCn1c(=NC(=O)c2cccc([N+](=O)[O-])c2)sc2ccccc21. The Balaban J connectivity index is 2.07. The predicted molar refractivity (Wildman–Crippen MR) is 94.7 cm³/mol. The van der Waals surface area contributed by atoms with E-state index in [1.165, 1.54) is 35.6 Å². The predicted octanol–water partition coefficient (Wildman–Crippen LogP) is 3.00. The van der Waals surface area contributed by atoms with E-state index in [1.807, 2.05) is 28.8 Å². The molecule has 25 heavy (non-hydrogen) atoms. The molecule has 1 amide bonds. The highest BCUT2D eigenvalue weighted by atomic mass is 32.1. The first kappa shape index (κ1) is 17.0. The van der Waals surface area contributed by atoms with Gasteiger partial charge in [-0.25, -0.2) is 0 Å². The smallest absolute Gasteiger partial charge is 0.279 e. The minimum Gasteiger partial charge on any atom is -0.383 e. The fraction of sp³-hybridized carbons (Fsp3) is 0.176. The third kappa shape index (κ3) is 3.65. The number of carbonyl (C=O) groups excluding carboxylic acids is 1. The van der Waals surface area contributed by atoms with Crippen molar-refractivity contribution in [2.75, 3.05) is 13.7 Å². The summed E-state index contributed by atoms with van der Waals surface area (Å²) in [5.74, 6) is -0.513. The second kappa shape index (κ2) is 7.37. The van der Waals surface area contributed by atoms with E-state index in [4.69, 9.17) is 4.74 Å². The summed E-state index contributed by atoms with van der Waals surface area (Å²) < 4.78 is 8.05. The summed E-state index contributed by atoms with van der Waals surface area (Å²) in [6.07, 6.45) is 0. The molecule has 0 saturated carbocycles. The highest BCUT2D eigenvalue weighted by Gasteiger charge is 2.12. The van der Waals surface area contributed by atoms with Crippen molar-refractivity contribution >= 4 is 33.1 Å². The molecule has 3 rings (SSSR count). The molecule has 3 aromatic rings. The number of aromatic nitrogens is 1. The first-order valence-electron chi connectivity index (χ1n) is 7.51. The largest absolute Gasteiger partial charge is 0.383 e.